The summed E-state index contributed by atoms with van der Waals surface area (Å²) in [6.07, 6.45) is 6.88. The van der Waals surface area contributed by atoms with Gasteiger partial charge in [-0.15, -0.1) is 0 Å². The molecule has 2 aromatic carbocycles. The Kier molecular flexibility index (Phi) is 7.05. The van der Waals surface area contributed by atoms with Gasteiger partial charge in [-0.1, -0.05) is 45.7 Å². The van der Waals surface area contributed by atoms with E-state index in [1.54, 1.807) is 18.2 Å². The van der Waals surface area contributed by atoms with Gasteiger partial charge in [0.15, 0.2) is 0 Å². The maximum absolute atomic E-state index is 13.1. The summed E-state index contributed by atoms with van der Waals surface area (Å²) in [6, 6.07) is 13.0. The van der Waals surface area contributed by atoms with Crippen LogP contribution in [-0.4, -0.2) is 44.5 Å². The molecule has 0 atom stereocenters. The third kappa shape index (κ3) is 5.06. The number of nitrogens with zero attached hydrogens (tertiary/aromatic N) is 3. The zero-order chi connectivity index (χ0) is 24.5. The Balaban J connectivity index is 1.44. The number of amides is 3. The summed E-state index contributed by atoms with van der Waals surface area (Å²) in [4.78, 5) is 42.2. The number of imide groups is 1. The van der Waals surface area contributed by atoms with Crippen molar-refractivity contribution in [1.29, 1.82) is 0 Å². The van der Waals surface area contributed by atoms with E-state index >= 15 is 0 Å². The van der Waals surface area contributed by atoms with Crippen molar-refractivity contribution >= 4 is 73.3 Å². The molecule has 0 radical (unpaired) electrons. The monoisotopic (exact) mass is 571 g/mol. The van der Waals surface area contributed by atoms with E-state index in [2.05, 4.69) is 15.9 Å². The Morgan fingerprint density at radius 1 is 1.09 bits per heavy atom. The van der Waals surface area contributed by atoms with Crippen LogP contribution in [0.2, 0.25) is 5.02 Å². The van der Waals surface area contributed by atoms with Crippen molar-refractivity contribution < 1.29 is 14.4 Å². The van der Waals surface area contributed by atoms with Gasteiger partial charge in [-0.2, -0.15) is 0 Å². The van der Waals surface area contributed by atoms with Crippen molar-refractivity contribution in [3.05, 3.63) is 74.2 Å². The number of rotatable bonds is 5. The van der Waals surface area contributed by atoms with Crippen molar-refractivity contribution in [2.24, 2.45) is 0 Å². The first-order valence-corrected chi connectivity index (χ1v) is 13.4. The maximum Gasteiger partial charge on any atom is 0.293 e. The van der Waals surface area contributed by atoms with Gasteiger partial charge >= 0.3 is 0 Å². The molecule has 180 valence electrons. The lowest BCUT2D eigenvalue weighted by Gasteiger charge is -2.27. The summed E-state index contributed by atoms with van der Waals surface area (Å²) in [5, 5.41) is 1.09. The molecule has 0 N–H and O–H groups in total. The molecule has 5 rings (SSSR count). The van der Waals surface area contributed by atoms with E-state index in [9.17, 15) is 14.4 Å². The SMILES string of the molecule is O=C(Cn1cc(/C=C2\SC(=O)N(Cc3ccccc3Cl)C2=O)c2cc(Br)ccc21)N1CCCCC1. The lowest BCUT2D eigenvalue weighted by atomic mass is 10.1. The molecule has 0 unspecified atom stereocenters. The Morgan fingerprint density at radius 2 is 1.86 bits per heavy atom. The first-order chi connectivity index (χ1) is 16.9. The van der Waals surface area contributed by atoms with Crippen LogP contribution in [0.3, 0.4) is 0 Å². The Labute approximate surface area is 221 Å². The Hall–Kier alpha value is -2.55. The van der Waals surface area contributed by atoms with Gasteiger partial charge in [0.1, 0.15) is 6.54 Å². The number of thioether (sulfide) groups is 1. The molecule has 0 bridgehead atoms. The van der Waals surface area contributed by atoms with Crippen molar-refractivity contribution in [3.8, 4) is 0 Å². The fourth-order valence-electron chi connectivity index (χ4n) is 4.51. The number of likely N-dealkylation sites (tertiary alicyclic amines) is 1. The number of piperidine rings is 1. The molecule has 9 heteroatoms. The standard InChI is InChI=1S/C26H23BrClN3O3S/c27-19-8-9-22-20(13-19)18(14-30(22)16-24(32)29-10-4-1-5-11-29)12-23-25(33)31(26(34)35-23)15-17-6-2-3-7-21(17)28/h2-3,6-9,12-14H,1,4-5,10-11,15-16H2/b23-12-. The molecule has 3 aromatic rings. The highest BCUT2D eigenvalue weighted by atomic mass is 79.9. The van der Waals surface area contributed by atoms with Crippen molar-refractivity contribution in [2.75, 3.05) is 13.1 Å². The largest absolute Gasteiger partial charge is 0.341 e. The Morgan fingerprint density at radius 3 is 2.63 bits per heavy atom. The fourth-order valence-corrected chi connectivity index (χ4v) is 5.89. The van der Waals surface area contributed by atoms with Crippen LogP contribution in [0.1, 0.15) is 30.4 Å². The van der Waals surface area contributed by atoms with E-state index in [4.69, 9.17) is 11.6 Å². The second-order valence-corrected chi connectivity index (χ2v) is 11.0. The lowest BCUT2D eigenvalue weighted by Crippen LogP contribution is -2.37. The topological polar surface area (TPSA) is 62.6 Å². The number of fused-ring (bicyclic) bond motifs is 1. The van der Waals surface area contributed by atoms with E-state index < -0.39 is 0 Å². The van der Waals surface area contributed by atoms with Crippen molar-refractivity contribution in [2.45, 2.75) is 32.4 Å². The fraction of sp³-hybridized carbons (Fsp3) is 0.269. The lowest BCUT2D eigenvalue weighted by molar-refractivity contribution is -0.132. The smallest absolute Gasteiger partial charge is 0.293 e. The Bertz CT molecular complexity index is 1360. The molecule has 0 saturated carbocycles. The molecule has 2 fully saturated rings. The first-order valence-electron chi connectivity index (χ1n) is 11.5. The van der Waals surface area contributed by atoms with Gasteiger partial charge in [0.25, 0.3) is 11.1 Å². The number of benzene rings is 2. The van der Waals surface area contributed by atoms with Crippen LogP contribution in [-0.2, 0) is 22.7 Å². The number of carbonyl (C=O) groups is 3. The van der Waals surface area contributed by atoms with Gasteiger partial charge in [-0.25, -0.2) is 0 Å². The molecule has 3 amide bonds. The third-order valence-electron chi connectivity index (χ3n) is 6.33. The van der Waals surface area contributed by atoms with Crippen LogP contribution in [0, 0.1) is 0 Å². The van der Waals surface area contributed by atoms with Crippen LogP contribution in [0.25, 0.3) is 17.0 Å². The van der Waals surface area contributed by atoms with Crippen molar-refractivity contribution in [1.82, 2.24) is 14.4 Å². The summed E-state index contributed by atoms with van der Waals surface area (Å²) < 4.78 is 2.82. The van der Waals surface area contributed by atoms with Gasteiger partial charge in [0.05, 0.1) is 11.4 Å². The third-order valence-corrected chi connectivity index (χ3v) is 8.10. The predicted octanol–water partition coefficient (Wildman–Crippen LogP) is 6.31. The zero-order valence-corrected chi connectivity index (χ0v) is 22.0. The van der Waals surface area contributed by atoms with Gasteiger partial charge in [0.2, 0.25) is 5.91 Å². The molecule has 2 aliphatic rings. The molecule has 2 aliphatic heterocycles. The van der Waals surface area contributed by atoms with E-state index in [1.807, 2.05) is 46.0 Å². The number of halogens is 2. The molecule has 0 aliphatic carbocycles. The summed E-state index contributed by atoms with van der Waals surface area (Å²) in [5.74, 6) is -0.253. The van der Waals surface area contributed by atoms with Gasteiger partial charge < -0.3 is 9.47 Å². The first kappa shape index (κ1) is 24.2. The van der Waals surface area contributed by atoms with Gasteiger partial charge in [0, 0.05) is 45.2 Å². The summed E-state index contributed by atoms with van der Waals surface area (Å²) >= 11 is 10.7. The summed E-state index contributed by atoms with van der Waals surface area (Å²) in [7, 11) is 0. The van der Waals surface area contributed by atoms with E-state index in [-0.39, 0.29) is 30.1 Å². The number of hydrogen-bond donors (Lipinski definition) is 0. The van der Waals surface area contributed by atoms with Crippen LogP contribution >= 0.6 is 39.3 Å². The average Bonchev–Trinajstić information content (AvgIpc) is 3.32. The molecular weight excluding hydrogens is 550 g/mol. The highest BCUT2D eigenvalue weighted by Crippen LogP contribution is 2.36. The zero-order valence-electron chi connectivity index (χ0n) is 18.9. The maximum atomic E-state index is 13.1. The molecule has 2 saturated heterocycles. The molecular formula is C26H23BrClN3O3S. The van der Waals surface area contributed by atoms with E-state index in [0.29, 0.717) is 9.93 Å². The minimum absolute atomic E-state index is 0.0936. The molecule has 6 nitrogen and oxygen atoms in total. The average molecular weight is 573 g/mol. The van der Waals surface area contributed by atoms with Gasteiger partial charge in [-0.05, 0) is 66.9 Å². The summed E-state index contributed by atoms with van der Waals surface area (Å²) in [5.41, 5.74) is 2.41. The minimum Gasteiger partial charge on any atom is -0.341 e. The van der Waals surface area contributed by atoms with Crippen LogP contribution in [0.15, 0.2) is 58.0 Å². The van der Waals surface area contributed by atoms with E-state index in [0.717, 1.165) is 64.2 Å². The number of carbonyl (C=O) groups excluding carboxylic acids is 3. The normalized spacial score (nSPS) is 17.7. The second-order valence-electron chi connectivity index (χ2n) is 8.67. The second kappa shape index (κ2) is 10.2. The highest BCUT2D eigenvalue weighted by Gasteiger charge is 2.35. The quantitative estimate of drug-likeness (QED) is 0.336. The van der Waals surface area contributed by atoms with E-state index in [1.165, 1.54) is 11.3 Å². The molecule has 0 spiro atoms. The number of hydrogen-bond acceptors (Lipinski definition) is 4. The minimum atomic E-state index is -0.347. The van der Waals surface area contributed by atoms with Gasteiger partial charge in [-0.3, -0.25) is 19.3 Å². The van der Waals surface area contributed by atoms with Crippen LogP contribution in [0.4, 0.5) is 4.79 Å². The van der Waals surface area contributed by atoms with Crippen LogP contribution < -0.4 is 0 Å². The summed E-state index contributed by atoms with van der Waals surface area (Å²) in [6.45, 7) is 1.96. The number of aromatic nitrogens is 1. The highest BCUT2D eigenvalue weighted by molar-refractivity contribution is 9.10. The van der Waals surface area contributed by atoms with Crippen LogP contribution in [0.5, 0.6) is 0 Å². The molecule has 1 aromatic heterocycles. The van der Waals surface area contributed by atoms with Crippen molar-refractivity contribution in [3.63, 3.8) is 0 Å². The molecule has 35 heavy (non-hydrogen) atoms. The molecule has 3 heterocycles. The predicted molar refractivity (Wildman–Crippen MR) is 143 cm³/mol.